The molecule has 0 spiro atoms. The number of benzene rings is 1. The second-order valence-corrected chi connectivity index (χ2v) is 5.82. The molecule has 0 bridgehead atoms. The quantitative estimate of drug-likeness (QED) is 0.751. The van der Waals surface area contributed by atoms with E-state index in [4.69, 9.17) is 0 Å². The topological polar surface area (TPSA) is 65.4 Å². The molecule has 6 heteroatoms. The number of hydrogen-bond donors (Lipinski definition) is 2. The summed E-state index contributed by atoms with van der Waals surface area (Å²) < 4.78 is 1.46. The zero-order valence-corrected chi connectivity index (χ0v) is 13.0. The second-order valence-electron chi connectivity index (χ2n) is 5.82. The van der Waals surface area contributed by atoms with Gasteiger partial charge in [0.15, 0.2) is 0 Å². The van der Waals surface area contributed by atoms with E-state index in [9.17, 15) is 4.79 Å². The monoisotopic (exact) mass is 309 g/mol. The number of nitrogens with one attached hydrogen (secondary N) is 2. The molecule has 0 atom stereocenters. The highest BCUT2D eigenvalue weighted by molar-refractivity contribution is 5.80. The van der Waals surface area contributed by atoms with Crippen molar-refractivity contribution in [2.75, 3.05) is 31.1 Å². The fourth-order valence-corrected chi connectivity index (χ4v) is 3.16. The van der Waals surface area contributed by atoms with Crippen LogP contribution in [-0.4, -0.2) is 40.8 Å². The molecule has 3 heterocycles. The van der Waals surface area contributed by atoms with Crippen LogP contribution in [-0.2, 0) is 0 Å². The van der Waals surface area contributed by atoms with Crippen molar-refractivity contribution in [3.8, 4) is 11.1 Å². The maximum absolute atomic E-state index is 12.5. The summed E-state index contributed by atoms with van der Waals surface area (Å²) in [5.74, 6) is 0.862. The third kappa shape index (κ3) is 2.41. The third-order valence-corrected chi connectivity index (χ3v) is 4.30. The third-order valence-electron chi connectivity index (χ3n) is 4.30. The van der Waals surface area contributed by atoms with E-state index >= 15 is 0 Å². The molecule has 2 N–H and O–H groups in total. The van der Waals surface area contributed by atoms with Crippen LogP contribution < -0.4 is 15.8 Å². The van der Waals surface area contributed by atoms with Gasteiger partial charge in [-0.05, 0) is 12.5 Å². The molecule has 6 nitrogen and oxygen atoms in total. The van der Waals surface area contributed by atoms with Gasteiger partial charge in [-0.3, -0.25) is 4.79 Å². The number of piperazine rings is 1. The molecule has 23 heavy (non-hydrogen) atoms. The van der Waals surface area contributed by atoms with E-state index in [0.717, 1.165) is 54.5 Å². The summed E-state index contributed by atoms with van der Waals surface area (Å²) in [5.41, 5.74) is 3.56. The molecule has 118 valence electrons. The number of aryl methyl sites for hydroxylation is 1. The first kappa shape index (κ1) is 14.0. The minimum atomic E-state index is -0.0995. The summed E-state index contributed by atoms with van der Waals surface area (Å²) >= 11 is 0. The second kappa shape index (κ2) is 5.55. The van der Waals surface area contributed by atoms with E-state index in [1.165, 1.54) is 4.52 Å². The van der Waals surface area contributed by atoms with Gasteiger partial charge in [-0.15, -0.1) is 0 Å². The first-order chi connectivity index (χ1) is 11.2. The van der Waals surface area contributed by atoms with E-state index < -0.39 is 0 Å². The zero-order chi connectivity index (χ0) is 15.8. The lowest BCUT2D eigenvalue weighted by Crippen LogP contribution is -2.44. The SMILES string of the molecule is Cc1nn2c(=O)cc(N3CCNCC3)[nH]c2c1-c1ccccc1. The molecular weight excluding hydrogens is 290 g/mol. The Morgan fingerprint density at radius 3 is 2.61 bits per heavy atom. The summed E-state index contributed by atoms with van der Waals surface area (Å²) in [6, 6.07) is 11.7. The molecule has 4 rings (SSSR count). The van der Waals surface area contributed by atoms with E-state index in [2.05, 4.69) is 20.3 Å². The van der Waals surface area contributed by atoms with Gasteiger partial charge in [0.25, 0.3) is 5.56 Å². The highest BCUT2D eigenvalue weighted by atomic mass is 16.1. The van der Waals surface area contributed by atoms with Gasteiger partial charge in [0.2, 0.25) is 0 Å². The molecule has 0 saturated carbocycles. The fourth-order valence-electron chi connectivity index (χ4n) is 3.16. The van der Waals surface area contributed by atoms with Crippen molar-refractivity contribution in [2.24, 2.45) is 0 Å². The Balaban J connectivity index is 1.92. The lowest BCUT2D eigenvalue weighted by Gasteiger charge is -2.28. The molecule has 1 aliphatic heterocycles. The molecule has 0 unspecified atom stereocenters. The standard InChI is InChI=1S/C17H19N5O/c1-12-16(13-5-3-2-4-6-13)17-19-14(11-15(23)22(17)20-12)21-9-7-18-8-10-21/h2-6,11,18-19H,7-10H2,1H3. The van der Waals surface area contributed by atoms with Crippen molar-refractivity contribution in [3.05, 3.63) is 52.4 Å². The van der Waals surface area contributed by atoms with Crippen molar-refractivity contribution in [1.82, 2.24) is 19.9 Å². The van der Waals surface area contributed by atoms with Gasteiger partial charge >= 0.3 is 0 Å². The molecule has 0 aliphatic carbocycles. The van der Waals surface area contributed by atoms with Crippen molar-refractivity contribution < 1.29 is 0 Å². The summed E-state index contributed by atoms with van der Waals surface area (Å²) in [4.78, 5) is 18.1. The summed E-state index contributed by atoms with van der Waals surface area (Å²) in [7, 11) is 0. The maximum atomic E-state index is 12.5. The fraction of sp³-hybridized carbons (Fsp3) is 0.294. The Morgan fingerprint density at radius 2 is 1.87 bits per heavy atom. The van der Waals surface area contributed by atoms with E-state index in [0.29, 0.717) is 0 Å². The van der Waals surface area contributed by atoms with Gasteiger partial charge in [-0.2, -0.15) is 9.61 Å². The van der Waals surface area contributed by atoms with Crippen LogP contribution in [0.25, 0.3) is 16.8 Å². The molecule has 1 aliphatic rings. The van der Waals surface area contributed by atoms with Crippen LogP contribution in [0, 0.1) is 6.92 Å². The number of anilines is 1. The maximum Gasteiger partial charge on any atom is 0.276 e. The molecule has 2 aromatic heterocycles. The Morgan fingerprint density at radius 1 is 1.13 bits per heavy atom. The highest BCUT2D eigenvalue weighted by Crippen LogP contribution is 2.27. The summed E-state index contributed by atoms with van der Waals surface area (Å²) in [6.07, 6.45) is 0. The first-order valence-electron chi connectivity index (χ1n) is 7.88. The predicted octanol–water partition coefficient (Wildman–Crippen LogP) is 1.41. The van der Waals surface area contributed by atoms with Crippen molar-refractivity contribution in [2.45, 2.75) is 6.92 Å². The van der Waals surface area contributed by atoms with Crippen LogP contribution in [0.15, 0.2) is 41.2 Å². The molecule has 0 amide bonds. The summed E-state index contributed by atoms with van der Waals surface area (Å²) in [6.45, 7) is 5.57. The first-order valence-corrected chi connectivity index (χ1v) is 7.88. The lowest BCUT2D eigenvalue weighted by atomic mass is 10.1. The van der Waals surface area contributed by atoms with Crippen LogP contribution >= 0.6 is 0 Å². The molecule has 0 radical (unpaired) electrons. The Labute approximate surface area is 133 Å². The van der Waals surface area contributed by atoms with Crippen LogP contribution in [0.3, 0.4) is 0 Å². The van der Waals surface area contributed by atoms with E-state index in [1.54, 1.807) is 6.07 Å². The van der Waals surface area contributed by atoms with Gasteiger partial charge in [0.1, 0.15) is 11.5 Å². The van der Waals surface area contributed by atoms with Crippen LogP contribution in [0.2, 0.25) is 0 Å². The number of aromatic amines is 1. The Kier molecular flexibility index (Phi) is 3.38. The van der Waals surface area contributed by atoms with Crippen molar-refractivity contribution in [1.29, 1.82) is 0 Å². The minimum Gasteiger partial charge on any atom is -0.355 e. The zero-order valence-electron chi connectivity index (χ0n) is 13.0. The number of H-pyrrole nitrogens is 1. The van der Waals surface area contributed by atoms with Crippen LogP contribution in [0.4, 0.5) is 5.82 Å². The summed E-state index contributed by atoms with van der Waals surface area (Å²) in [5, 5.41) is 7.74. The van der Waals surface area contributed by atoms with Crippen LogP contribution in [0.5, 0.6) is 0 Å². The van der Waals surface area contributed by atoms with Gasteiger partial charge in [0, 0.05) is 37.8 Å². The van der Waals surface area contributed by atoms with Crippen LogP contribution in [0.1, 0.15) is 5.69 Å². The minimum absolute atomic E-state index is 0.0995. The molecule has 3 aromatic rings. The Hall–Kier alpha value is -2.60. The normalized spacial score (nSPS) is 15.3. The van der Waals surface area contributed by atoms with Crippen molar-refractivity contribution in [3.63, 3.8) is 0 Å². The Bertz CT molecular complexity index is 890. The van der Waals surface area contributed by atoms with Gasteiger partial charge in [-0.1, -0.05) is 30.3 Å². The number of fused-ring (bicyclic) bond motifs is 1. The smallest absolute Gasteiger partial charge is 0.276 e. The lowest BCUT2D eigenvalue weighted by molar-refractivity contribution is 0.584. The molecule has 1 fully saturated rings. The predicted molar refractivity (Wildman–Crippen MR) is 91.1 cm³/mol. The van der Waals surface area contributed by atoms with E-state index in [-0.39, 0.29) is 5.56 Å². The molecule has 1 aromatic carbocycles. The highest BCUT2D eigenvalue weighted by Gasteiger charge is 2.17. The number of nitrogens with zero attached hydrogens (tertiary/aromatic N) is 3. The number of aromatic nitrogens is 3. The average Bonchev–Trinajstić information content (AvgIpc) is 2.93. The van der Waals surface area contributed by atoms with Gasteiger partial charge < -0.3 is 15.2 Å². The van der Waals surface area contributed by atoms with Gasteiger partial charge in [0.05, 0.1) is 5.69 Å². The average molecular weight is 309 g/mol. The number of hydrogen-bond acceptors (Lipinski definition) is 4. The van der Waals surface area contributed by atoms with E-state index in [1.807, 2.05) is 37.3 Å². The van der Waals surface area contributed by atoms with Crippen molar-refractivity contribution >= 4 is 11.5 Å². The molecular formula is C17H19N5O. The largest absolute Gasteiger partial charge is 0.355 e. The number of rotatable bonds is 2. The van der Waals surface area contributed by atoms with Gasteiger partial charge in [-0.25, -0.2) is 0 Å². The molecule has 1 saturated heterocycles.